The second-order valence-electron chi connectivity index (χ2n) is 5.88. The summed E-state index contributed by atoms with van der Waals surface area (Å²) in [6, 6.07) is 11.5. The SMILES string of the molecule is COC(=O)c1ccccc1NC(=O)C[NH+]1CCC[C@@H]1c1cccs1. The first-order valence-corrected chi connectivity index (χ1v) is 8.92. The zero-order valence-corrected chi connectivity index (χ0v) is 14.4. The third-order valence-corrected chi connectivity index (χ3v) is 5.35. The molecule has 3 rings (SSSR count). The van der Waals surface area contributed by atoms with Gasteiger partial charge in [0.15, 0.2) is 6.54 Å². The van der Waals surface area contributed by atoms with E-state index in [-0.39, 0.29) is 5.91 Å². The molecule has 1 saturated heterocycles. The highest BCUT2D eigenvalue weighted by atomic mass is 32.1. The van der Waals surface area contributed by atoms with E-state index in [0.717, 1.165) is 19.4 Å². The van der Waals surface area contributed by atoms with Crippen LogP contribution in [0.5, 0.6) is 0 Å². The smallest absolute Gasteiger partial charge is 0.339 e. The minimum Gasteiger partial charge on any atom is -0.465 e. The van der Waals surface area contributed by atoms with Gasteiger partial charge in [-0.25, -0.2) is 4.79 Å². The average Bonchev–Trinajstić information content (AvgIpc) is 3.25. The quantitative estimate of drug-likeness (QED) is 0.814. The van der Waals surface area contributed by atoms with Gasteiger partial charge in [0.1, 0.15) is 6.04 Å². The lowest BCUT2D eigenvalue weighted by atomic mass is 10.1. The van der Waals surface area contributed by atoms with Gasteiger partial charge in [0.25, 0.3) is 5.91 Å². The average molecular weight is 345 g/mol. The number of para-hydroxylation sites is 1. The number of methoxy groups -OCH3 is 1. The third kappa shape index (κ3) is 3.66. The normalized spacial score (nSPS) is 19.9. The topological polar surface area (TPSA) is 59.8 Å². The minimum atomic E-state index is -0.448. The predicted octanol–water partition coefficient (Wildman–Crippen LogP) is 1.89. The Hall–Kier alpha value is -2.18. The molecule has 24 heavy (non-hydrogen) atoms. The Kier molecular flexibility index (Phi) is 5.27. The molecule has 1 amide bonds. The number of esters is 1. The molecule has 2 heterocycles. The Balaban J connectivity index is 1.67. The molecule has 0 radical (unpaired) electrons. The minimum absolute atomic E-state index is 0.0789. The molecule has 0 aliphatic carbocycles. The van der Waals surface area contributed by atoms with Crippen molar-refractivity contribution < 1.29 is 19.2 Å². The van der Waals surface area contributed by atoms with Crippen molar-refractivity contribution in [3.05, 3.63) is 52.2 Å². The number of rotatable bonds is 5. The highest BCUT2D eigenvalue weighted by molar-refractivity contribution is 7.10. The molecule has 1 aromatic carbocycles. The van der Waals surface area contributed by atoms with E-state index in [1.807, 2.05) is 0 Å². The van der Waals surface area contributed by atoms with Crippen molar-refractivity contribution in [3.63, 3.8) is 0 Å². The zero-order chi connectivity index (χ0) is 16.9. The molecule has 1 aliphatic heterocycles. The summed E-state index contributed by atoms with van der Waals surface area (Å²) in [6.07, 6.45) is 2.24. The van der Waals surface area contributed by atoms with Crippen LogP contribution < -0.4 is 10.2 Å². The van der Waals surface area contributed by atoms with Gasteiger partial charge in [0.2, 0.25) is 0 Å². The van der Waals surface area contributed by atoms with Crippen LogP contribution in [-0.4, -0.2) is 32.1 Å². The first-order chi connectivity index (χ1) is 11.7. The number of anilines is 1. The molecule has 1 aromatic heterocycles. The van der Waals surface area contributed by atoms with Crippen LogP contribution in [0.3, 0.4) is 0 Å². The second-order valence-corrected chi connectivity index (χ2v) is 6.86. The number of ether oxygens (including phenoxy) is 1. The maximum Gasteiger partial charge on any atom is 0.339 e. The highest BCUT2D eigenvalue weighted by Gasteiger charge is 2.32. The van der Waals surface area contributed by atoms with Crippen LogP contribution >= 0.6 is 11.3 Å². The molecule has 2 N–H and O–H groups in total. The van der Waals surface area contributed by atoms with Crippen molar-refractivity contribution in [2.45, 2.75) is 18.9 Å². The van der Waals surface area contributed by atoms with Crippen LogP contribution in [0.25, 0.3) is 0 Å². The van der Waals surface area contributed by atoms with Crippen molar-refractivity contribution >= 4 is 28.9 Å². The number of quaternary nitrogens is 1. The molecule has 1 unspecified atom stereocenters. The van der Waals surface area contributed by atoms with Crippen molar-refractivity contribution in [2.75, 3.05) is 25.5 Å². The number of hydrogen-bond acceptors (Lipinski definition) is 4. The first-order valence-electron chi connectivity index (χ1n) is 8.04. The highest BCUT2D eigenvalue weighted by Crippen LogP contribution is 2.23. The zero-order valence-electron chi connectivity index (χ0n) is 13.6. The fourth-order valence-corrected chi connectivity index (χ4v) is 4.16. The summed E-state index contributed by atoms with van der Waals surface area (Å²) in [6.45, 7) is 1.40. The summed E-state index contributed by atoms with van der Waals surface area (Å²) >= 11 is 1.75. The van der Waals surface area contributed by atoms with E-state index in [4.69, 9.17) is 4.74 Å². The number of carbonyl (C=O) groups is 2. The van der Waals surface area contributed by atoms with Gasteiger partial charge in [-0.15, -0.1) is 11.3 Å². The van der Waals surface area contributed by atoms with E-state index in [1.54, 1.807) is 35.6 Å². The van der Waals surface area contributed by atoms with Crippen molar-refractivity contribution in [3.8, 4) is 0 Å². The molecule has 6 heteroatoms. The van der Waals surface area contributed by atoms with Crippen LogP contribution in [0, 0.1) is 0 Å². The molecular formula is C18H21N2O3S+. The molecule has 2 atom stereocenters. The monoisotopic (exact) mass is 345 g/mol. The Bertz CT molecular complexity index is 715. The third-order valence-electron chi connectivity index (χ3n) is 4.36. The first kappa shape index (κ1) is 16.7. The molecule has 1 aliphatic rings. The van der Waals surface area contributed by atoms with Gasteiger partial charge in [-0.1, -0.05) is 18.2 Å². The van der Waals surface area contributed by atoms with Crippen molar-refractivity contribution in [1.29, 1.82) is 0 Å². The van der Waals surface area contributed by atoms with Crippen molar-refractivity contribution in [1.82, 2.24) is 0 Å². The Morgan fingerprint density at radius 3 is 2.88 bits per heavy atom. The van der Waals surface area contributed by atoms with Crippen molar-refractivity contribution in [2.24, 2.45) is 0 Å². The van der Waals surface area contributed by atoms with Gasteiger partial charge in [-0.3, -0.25) is 4.79 Å². The summed E-state index contributed by atoms with van der Waals surface area (Å²) in [4.78, 5) is 26.9. The molecule has 0 bridgehead atoms. The fourth-order valence-electron chi connectivity index (χ4n) is 3.24. The van der Waals surface area contributed by atoms with E-state index >= 15 is 0 Å². The van der Waals surface area contributed by atoms with Crippen LogP contribution in [0.15, 0.2) is 41.8 Å². The molecular weight excluding hydrogens is 324 g/mol. The molecule has 126 valence electrons. The lowest BCUT2D eigenvalue weighted by molar-refractivity contribution is -0.910. The number of hydrogen-bond donors (Lipinski definition) is 2. The lowest BCUT2D eigenvalue weighted by Crippen LogP contribution is -3.11. The summed E-state index contributed by atoms with van der Waals surface area (Å²) in [5.74, 6) is -0.527. The molecule has 1 fully saturated rings. The number of benzene rings is 1. The predicted molar refractivity (Wildman–Crippen MR) is 93.4 cm³/mol. The van der Waals surface area contributed by atoms with Gasteiger partial charge in [0, 0.05) is 12.8 Å². The van der Waals surface area contributed by atoms with Gasteiger partial charge in [-0.05, 0) is 23.6 Å². The van der Waals surface area contributed by atoms with Gasteiger partial charge < -0.3 is 15.0 Å². The summed E-state index contributed by atoms with van der Waals surface area (Å²) in [5.41, 5.74) is 0.875. The molecule has 0 saturated carbocycles. The van der Waals surface area contributed by atoms with Crippen LogP contribution in [0.2, 0.25) is 0 Å². The van der Waals surface area contributed by atoms with E-state index in [0.29, 0.717) is 23.8 Å². The maximum absolute atomic E-state index is 12.5. The van der Waals surface area contributed by atoms with E-state index in [2.05, 4.69) is 22.8 Å². The standard InChI is InChI=1S/C18H20N2O3S/c1-23-18(22)13-6-2-3-7-14(13)19-17(21)12-20-10-4-8-15(20)16-9-5-11-24-16/h2-3,5-7,9,11,15H,4,8,10,12H2,1H3,(H,19,21)/p+1/t15-/m1/s1. The van der Waals surface area contributed by atoms with E-state index in [9.17, 15) is 9.59 Å². The number of carbonyl (C=O) groups excluding carboxylic acids is 2. The van der Waals surface area contributed by atoms with Gasteiger partial charge >= 0.3 is 5.97 Å². The Labute approximate surface area is 145 Å². The molecule has 0 spiro atoms. The number of thiophene rings is 1. The van der Waals surface area contributed by atoms with E-state index in [1.165, 1.54) is 16.9 Å². The Morgan fingerprint density at radius 1 is 1.29 bits per heavy atom. The van der Waals surface area contributed by atoms with E-state index < -0.39 is 5.97 Å². The molecule has 2 aromatic rings. The maximum atomic E-state index is 12.5. The Morgan fingerprint density at radius 2 is 2.12 bits per heavy atom. The lowest BCUT2D eigenvalue weighted by Gasteiger charge is -2.20. The van der Waals surface area contributed by atoms with Crippen LogP contribution in [0.1, 0.15) is 34.1 Å². The van der Waals surface area contributed by atoms with Gasteiger partial charge in [0.05, 0.1) is 29.8 Å². The van der Waals surface area contributed by atoms with Crippen LogP contribution in [0.4, 0.5) is 5.69 Å². The number of likely N-dealkylation sites (tertiary alicyclic amines) is 1. The fraction of sp³-hybridized carbons (Fsp3) is 0.333. The summed E-state index contributed by atoms with van der Waals surface area (Å²) < 4.78 is 4.76. The number of amides is 1. The summed E-state index contributed by atoms with van der Waals surface area (Å²) in [7, 11) is 1.33. The van der Waals surface area contributed by atoms with Crippen LogP contribution in [-0.2, 0) is 9.53 Å². The second kappa shape index (κ2) is 7.59. The largest absolute Gasteiger partial charge is 0.465 e. The molecule has 5 nitrogen and oxygen atoms in total. The van der Waals surface area contributed by atoms with Gasteiger partial charge in [-0.2, -0.15) is 0 Å². The number of nitrogens with one attached hydrogen (secondary N) is 2. The summed E-state index contributed by atoms with van der Waals surface area (Å²) in [5, 5.41) is 4.94.